The van der Waals surface area contributed by atoms with Gasteiger partial charge in [-0.05, 0) is 68.0 Å². The number of anilines is 1. The third-order valence-corrected chi connectivity index (χ3v) is 11.4. The van der Waals surface area contributed by atoms with Crippen LogP contribution < -0.4 is 4.90 Å². The standard InChI is InChI=1S/C27H27Cl2F2N3O3S2/c28-23-14-25(38-27(23)29)39(36,37)16-21(35)8-9-24(31)22-3-1-2-17-15-32-34(26(17)22)20-10-12-33(13-11-20)19-6-4-18(30)5-7-19/h4-7,14-15,20H,1-3,8-13,16H2/b24-22-. The van der Waals surface area contributed by atoms with Gasteiger partial charge in [0, 0.05) is 37.2 Å². The molecule has 2 aliphatic rings. The highest BCUT2D eigenvalue weighted by atomic mass is 35.5. The summed E-state index contributed by atoms with van der Waals surface area (Å²) in [4.78, 5) is 14.7. The van der Waals surface area contributed by atoms with Crippen LogP contribution in [0.15, 0.2) is 46.6 Å². The summed E-state index contributed by atoms with van der Waals surface area (Å²) in [5.41, 5.74) is 3.32. The molecule has 208 valence electrons. The van der Waals surface area contributed by atoms with Crippen molar-refractivity contribution in [1.82, 2.24) is 9.78 Å². The molecule has 6 nitrogen and oxygen atoms in total. The van der Waals surface area contributed by atoms with Gasteiger partial charge >= 0.3 is 0 Å². The SMILES string of the molecule is O=C(CC/C(F)=C1\CCCc2cnn(C3CCN(c4ccc(F)cc4)CC3)c21)CS(=O)(=O)c1cc(Cl)c(Cl)s1. The maximum atomic E-state index is 15.5. The Hall–Kier alpha value is -2.27. The molecule has 2 aromatic heterocycles. The number of benzene rings is 1. The highest BCUT2D eigenvalue weighted by Gasteiger charge is 2.29. The fourth-order valence-electron chi connectivity index (χ4n) is 5.28. The van der Waals surface area contributed by atoms with Gasteiger partial charge in [0.2, 0.25) is 0 Å². The molecular formula is C27H27Cl2F2N3O3S2. The number of hydrogen-bond acceptors (Lipinski definition) is 6. The zero-order valence-corrected chi connectivity index (χ0v) is 24.2. The molecule has 1 saturated heterocycles. The Morgan fingerprint density at radius 1 is 1.10 bits per heavy atom. The first-order chi connectivity index (χ1) is 18.6. The first-order valence-corrected chi connectivity index (χ1v) is 16.0. The number of halogens is 4. The summed E-state index contributed by atoms with van der Waals surface area (Å²) in [7, 11) is -3.90. The van der Waals surface area contributed by atoms with Gasteiger partial charge in [0.15, 0.2) is 9.84 Å². The fraction of sp³-hybridized carbons (Fsp3) is 0.407. The second-order valence-corrected chi connectivity index (χ2v) is 14.2. The Morgan fingerprint density at radius 3 is 2.49 bits per heavy atom. The van der Waals surface area contributed by atoms with E-state index in [9.17, 15) is 17.6 Å². The molecule has 39 heavy (non-hydrogen) atoms. The summed E-state index contributed by atoms with van der Waals surface area (Å²) in [5, 5.41) is 4.75. The van der Waals surface area contributed by atoms with Crippen LogP contribution in [0.2, 0.25) is 9.36 Å². The molecule has 0 N–H and O–H groups in total. The van der Waals surface area contributed by atoms with Gasteiger partial charge in [-0.3, -0.25) is 9.48 Å². The molecule has 0 amide bonds. The summed E-state index contributed by atoms with van der Waals surface area (Å²) >= 11 is 12.5. The average Bonchev–Trinajstić information content (AvgIpc) is 3.51. The predicted octanol–water partition coefficient (Wildman–Crippen LogP) is 7.07. The van der Waals surface area contributed by atoms with Gasteiger partial charge < -0.3 is 4.90 Å². The molecule has 3 aromatic rings. The average molecular weight is 615 g/mol. The van der Waals surface area contributed by atoms with Crippen LogP contribution in [0.25, 0.3) is 5.57 Å². The van der Waals surface area contributed by atoms with Gasteiger partial charge in [0.05, 0.1) is 23.0 Å². The topological polar surface area (TPSA) is 72.3 Å². The minimum absolute atomic E-state index is 0.0732. The van der Waals surface area contributed by atoms with Crippen molar-refractivity contribution in [1.29, 1.82) is 0 Å². The summed E-state index contributed by atoms with van der Waals surface area (Å²) in [6, 6.07) is 7.80. The summed E-state index contributed by atoms with van der Waals surface area (Å²) in [6.07, 6.45) is 5.18. The number of fused-ring (bicyclic) bond motifs is 1. The number of nitrogens with zero attached hydrogens (tertiary/aromatic N) is 3. The van der Waals surface area contributed by atoms with Crippen molar-refractivity contribution in [2.24, 2.45) is 0 Å². The summed E-state index contributed by atoms with van der Waals surface area (Å²) in [5.74, 6) is -1.95. The van der Waals surface area contributed by atoms with E-state index in [0.29, 0.717) is 12.0 Å². The van der Waals surface area contributed by atoms with E-state index in [4.69, 9.17) is 23.2 Å². The second kappa shape index (κ2) is 11.7. The van der Waals surface area contributed by atoms with E-state index >= 15 is 4.39 Å². The maximum Gasteiger partial charge on any atom is 0.194 e. The molecule has 0 saturated carbocycles. The molecular weight excluding hydrogens is 587 g/mol. The normalized spacial score (nSPS) is 17.8. The first kappa shape index (κ1) is 28.3. The Bertz CT molecular complexity index is 1490. The van der Waals surface area contributed by atoms with Crippen LogP contribution in [0.3, 0.4) is 0 Å². The van der Waals surface area contributed by atoms with Gasteiger partial charge in [0.1, 0.15) is 31.7 Å². The number of piperidine rings is 1. The van der Waals surface area contributed by atoms with Gasteiger partial charge in [-0.15, -0.1) is 11.3 Å². The smallest absolute Gasteiger partial charge is 0.194 e. The van der Waals surface area contributed by atoms with Crippen LogP contribution in [0.4, 0.5) is 14.5 Å². The maximum absolute atomic E-state index is 15.5. The lowest BCUT2D eigenvalue weighted by Crippen LogP contribution is -2.35. The van der Waals surface area contributed by atoms with E-state index in [-0.39, 0.29) is 38.3 Å². The Morgan fingerprint density at radius 2 is 1.82 bits per heavy atom. The number of thiophene rings is 1. The van der Waals surface area contributed by atoms with Gasteiger partial charge in [-0.1, -0.05) is 23.2 Å². The number of carbonyl (C=O) groups excluding carboxylic acids is 1. The zero-order valence-electron chi connectivity index (χ0n) is 21.0. The Balaban J connectivity index is 1.26. The summed E-state index contributed by atoms with van der Waals surface area (Å²) in [6.45, 7) is 1.55. The number of carbonyl (C=O) groups is 1. The zero-order chi connectivity index (χ0) is 27.7. The van der Waals surface area contributed by atoms with E-state index in [2.05, 4.69) is 10.00 Å². The number of allylic oxidation sites excluding steroid dienone is 2. The molecule has 0 radical (unpaired) electrons. The van der Waals surface area contributed by atoms with Gasteiger partial charge in [-0.25, -0.2) is 17.2 Å². The minimum Gasteiger partial charge on any atom is -0.371 e. The molecule has 1 aliphatic heterocycles. The van der Waals surface area contributed by atoms with Crippen LogP contribution in [-0.2, 0) is 21.1 Å². The molecule has 1 fully saturated rings. The van der Waals surface area contributed by atoms with Crippen molar-refractivity contribution in [3.63, 3.8) is 0 Å². The van der Waals surface area contributed by atoms with E-state index in [1.807, 2.05) is 10.9 Å². The lowest BCUT2D eigenvalue weighted by molar-refractivity contribution is -0.116. The van der Waals surface area contributed by atoms with Crippen molar-refractivity contribution in [3.8, 4) is 0 Å². The van der Waals surface area contributed by atoms with Crippen molar-refractivity contribution < 1.29 is 22.0 Å². The third-order valence-electron chi connectivity index (χ3n) is 7.26. The molecule has 3 heterocycles. The lowest BCUT2D eigenvalue weighted by Gasteiger charge is -2.35. The lowest BCUT2D eigenvalue weighted by atomic mass is 9.90. The van der Waals surface area contributed by atoms with Crippen molar-refractivity contribution in [3.05, 3.63) is 68.8 Å². The van der Waals surface area contributed by atoms with E-state index in [0.717, 1.165) is 67.1 Å². The molecule has 1 aliphatic carbocycles. The van der Waals surface area contributed by atoms with Crippen LogP contribution >= 0.6 is 34.5 Å². The molecule has 0 bridgehead atoms. The van der Waals surface area contributed by atoms with E-state index in [1.54, 1.807) is 12.1 Å². The molecule has 0 atom stereocenters. The molecule has 5 rings (SSSR count). The van der Waals surface area contributed by atoms with Crippen LogP contribution in [0.1, 0.15) is 55.8 Å². The van der Waals surface area contributed by atoms with Gasteiger partial charge in [-0.2, -0.15) is 5.10 Å². The van der Waals surface area contributed by atoms with Crippen molar-refractivity contribution >= 4 is 61.4 Å². The van der Waals surface area contributed by atoms with Crippen molar-refractivity contribution in [2.45, 2.75) is 55.2 Å². The number of ketones is 1. The number of Topliss-reactive ketones (excluding diaryl/α,β-unsaturated/α-hetero) is 1. The second-order valence-electron chi connectivity index (χ2n) is 9.88. The van der Waals surface area contributed by atoms with E-state index in [1.165, 1.54) is 18.2 Å². The number of aryl methyl sites for hydroxylation is 1. The molecule has 0 spiro atoms. The number of hydrogen-bond donors (Lipinski definition) is 0. The minimum atomic E-state index is -3.90. The quantitative estimate of drug-likeness (QED) is 0.272. The Labute approximate surface area is 240 Å². The van der Waals surface area contributed by atoms with Crippen LogP contribution in [0.5, 0.6) is 0 Å². The molecule has 0 unspecified atom stereocenters. The van der Waals surface area contributed by atoms with Crippen molar-refractivity contribution in [2.75, 3.05) is 23.7 Å². The van der Waals surface area contributed by atoms with Gasteiger partial charge in [0.25, 0.3) is 0 Å². The highest BCUT2D eigenvalue weighted by molar-refractivity contribution is 7.94. The number of aromatic nitrogens is 2. The number of sulfone groups is 1. The number of rotatable bonds is 8. The van der Waals surface area contributed by atoms with E-state index < -0.39 is 27.2 Å². The fourth-order valence-corrected chi connectivity index (χ4v) is 8.53. The Kier molecular flexibility index (Phi) is 8.47. The molecule has 1 aromatic carbocycles. The summed E-state index contributed by atoms with van der Waals surface area (Å²) < 4.78 is 56.0. The molecule has 12 heteroatoms. The monoisotopic (exact) mass is 613 g/mol. The van der Waals surface area contributed by atoms with Crippen LogP contribution in [-0.4, -0.2) is 42.8 Å². The highest BCUT2D eigenvalue weighted by Crippen LogP contribution is 2.39. The third kappa shape index (κ3) is 6.24. The largest absolute Gasteiger partial charge is 0.371 e. The van der Waals surface area contributed by atoms with Crippen LogP contribution in [0, 0.1) is 5.82 Å². The first-order valence-electron chi connectivity index (χ1n) is 12.8. The predicted molar refractivity (Wildman–Crippen MR) is 151 cm³/mol.